The molecule has 0 atom stereocenters. The van der Waals surface area contributed by atoms with Gasteiger partial charge in [0.1, 0.15) is 17.9 Å². The highest BCUT2D eigenvalue weighted by Gasteiger charge is 2.14. The summed E-state index contributed by atoms with van der Waals surface area (Å²) in [5.74, 6) is 1.31. The maximum Gasteiger partial charge on any atom is 0.255 e. The number of halogens is 1. The summed E-state index contributed by atoms with van der Waals surface area (Å²) in [5, 5.41) is 3.29. The topological polar surface area (TPSA) is 67.3 Å². The molecule has 1 aliphatic rings. The third-order valence-corrected chi connectivity index (χ3v) is 5.48. The largest absolute Gasteiger partial charge is 0.495 e. The first-order valence-electron chi connectivity index (χ1n) is 9.96. The Morgan fingerprint density at radius 3 is 2.50 bits per heavy atom. The summed E-state index contributed by atoms with van der Waals surface area (Å²) >= 11 is 6.12. The molecule has 1 amide bonds. The van der Waals surface area contributed by atoms with Gasteiger partial charge in [0.15, 0.2) is 0 Å². The summed E-state index contributed by atoms with van der Waals surface area (Å²) < 4.78 is 5.13. The minimum atomic E-state index is -0.209. The van der Waals surface area contributed by atoms with E-state index in [0.29, 0.717) is 22.0 Å². The first kappa shape index (κ1) is 20.2. The number of nitrogens with one attached hydrogen (secondary N) is 1. The van der Waals surface area contributed by atoms with Crippen molar-refractivity contribution in [3.05, 3.63) is 65.4 Å². The molecule has 1 fully saturated rings. The van der Waals surface area contributed by atoms with Crippen molar-refractivity contribution >= 4 is 29.0 Å². The van der Waals surface area contributed by atoms with Gasteiger partial charge in [0.25, 0.3) is 5.91 Å². The van der Waals surface area contributed by atoms with Crippen molar-refractivity contribution in [2.75, 3.05) is 30.4 Å². The highest BCUT2D eigenvalue weighted by molar-refractivity contribution is 6.32. The molecular formula is C23H23ClN4O2. The van der Waals surface area contributed by atoms with Gasteiger partial charge in [0, 0.05) is 36.0 Å². The number of rotatable bonds is 5. The molecular weight excluding hydrogens is 400 g/mol. The van der Waals surface area contributed by atoms with E-state index in [-0.39, 0.29) is 5.91 Å². The lowest BCUT2D eigenvalue weighted by molar-refractivity contribution is 0.102. The van der Waals surface area contributed by atoms with Gasteiger partial charge >= 0.3 is 0 Å². The Hall–Kier alpha value is -3.12. The van der Waals surface area contributed by atoms with Gasteiger partial charge in [0.2, 0.25) is 0 Å². The number of benzene rings is 2. The molecule has 4 rings (SSSR count). The number of methoxy groups -OCH3 is 1. The van der Waals surface area contributed by atoms with Crippen molar-refractivity contribution in [2.45, 2.75) is 19.3 Å². The van der Waals surface area contributed by atoms with Gasteiger partial charge in [-0.25, -0.2) is 9.97 Å². The maximum atomic E-state index is 12.6. The van der Waals surface area contributed by atoms with Gasteiger partial charge in [-0.05, 0) is 49.6 Å². The minimum Gasteiger partial charge on any atom is -0.495 e. The van der Waals surface area contributed by atoms with E-state index in [1.54, 1.807) is 43.8 Å². The quantitative estimate of drug-likeness (QED) is 0.623. The molecule has 0 bridgehead atoms. The van der Waals surface area contributed by atoms with Crippen LogP contribution in [0.25, 0.3) is 11.3 Å². The number of ether oxygens (including phenoxy) is 1. The van der Waals surface area contributed by atoms with Crippen LogP contribution in [-0.4, -0.2) is 36.1 Å². The summed E-state index contributed by atoms with van der Waals surface area (Å²) in [7, 11) is 1.55. The number of hydrogen-bond acceptors (Lipinski definition) is 5. The smallest absolute Gasteiger partial charge is 0.255 e. The lowest BCUT2D eigenvalue weighted by Crippen LogP contribution is -2.30. The molecule has 2 aromatic carbocycles. The van der Waals surface area contributed by atoms with Crippen LogP contribution >= 0.6 is 11.6 Å². The molecule has 6 nitrogen and oxygen atoms in total. The number of carbonyl (C=O) groups excluding carboxylic acids is 1. The zero-order chi connectivity index (χ0) is 20.9. The number of aromatic nitrogens is 2. The van der Waals surface area contributed by atoms with Gasteiger partial charge in [-0.1, -0.05) is 23.7 Å². The Balaban J connectivity index is 1.47. The average Bonchev–Trinajstić information content (AvgIpc) is 2.80. The molecule has 1 aliphatic heterocycles. The van der Waals surface area contributed by atoms with Crippen molar-refractivity contribution < 1.29 is 9.53 Å². The molecule has 0 radical (unpaired) electrons. The van der Waals surface area contributed by atoms with E-state index in [2.05, 4.69) is 20.2 Å². The van der Waals surface area contributed by atoms with Crippen LogP contribution in [0.2, 0.25) is 5.02 Å². The zero-order valence-corrected chi connectivity index (χ0v) is 17.5. The lowest BCUT2D eigenvalue weighted by atomic mass is 10.1. The molecule has 154 valence electrons. The second-order valence-electron chi connectivity index (χ2n) is 7.19. The number of nitrogens with zero attached hydrogens (tertiary/aromatic N) is 3. The highest BCUT2D eigenvalue weighted by atomic mass is 35.5. The first-order valence-corrected chi connectivity index (χ1v) is 10.3. The van der Waals surface area contributed by atoms with E-state index in [1.807, 2.05) is 18.2 Å². The monoisotopic (exact) mass is 422 g/mol. The molecule has 7 heteroatoms. The van der Waals surface area contributed by atoms with Crippen LogP contribution in [0.3, 0.4) is 0 Å². The molecule has 1 aromatic heterocycles. The Labute approximate surface area is 180 Å². The molecule has 30 heavy (non-hydrogen) atoms. The van der Waals surface area contributed by atoms with Crippen LogP contribution in [-0.2, 0) is 0 Å². The fourth-order valence-electron chi connectivity index (χ4n) is 3.54. The first-order chi connectivity index (χ1) is 14.6. The van der Waals surface area contributed by atoms with E-state index in [0.717, 1.165) is 30.2 Å². The van der Waals surface area contributed by atoms with Gasteiger partial charge in [-0.3, -0.25) is 4.79 Å². The molecule has 0 saturated carbocycles. The van der Waals surface area contributed by atoms with E-state index < -0.39 is 0 Å². The van der Waals surface area contributed by atoms with Crippen LogP contribution in [0, 0.1) is 0 Å². The minimum absolute atomic E-state index is 0.209. The molecule has 3 aromatic rings. The Morgan fingerprint density at radius 1 is 1.03 bits per heavy atom. The number of hydrogen-bond donors (Lipinski definition) is 1. The Bertz CT molecular complexity index is 1030. The number of anilines is 2. The van der Waals surface area contributed by atoms with Crippen molar-refractivity contribution in [2.24, 2.45) is 0 Å². The number of piperidine rings is 1. The van der Waals surface area contributed by atoms with E-state index in [4.69, 9.17) is 16.3 Å². The highest BCUT2D eigenvalue weighted by Crippen LogP contribution is 2.28. The van der Waals surface area contributed by atoms with Crippen LogP contribution in [0.5, 0.6) is 5.75 Å². The Morgan fingerprint density at radius 2 is 1.80 bits per heavy atom. The van der Waals surface area contributed by atoms with Gasteiger partial charge in [-0.15, -0.1) is 0 Å². The van der Waals surface area contributed by atoms with Crippen molar-refractivity contribution in [1.29, 1.82) is 0 Å². The van der Waals surface area contributed by atoms with Gasteiger partial charge < -0.3 is 15.0 Å². The molecule has 1 N–H and O–H groups in total. The van der Waals surface area contributed by atoms with Crippen LogP contribution in [0.15, 0.2) is 54.9 Å². The van der Waals surface area contributed by atoms with Crippen molar-refractivity contribution in [3.63, 3.8) is 0 Å². The van der Waals surface area contributed by atoms with E-state index in [9.17, 15) is 4.79 Å². The fourth-order valence-corrected chi connectivity index (χ4v) is 3.80. The van der Waals surface area contributed by atoms with Gasteiger partial charge in [-0.2, -0.15) is 0 Å². The maximum absolute atomic E-state index is 12.6. The average molecular weight is 423 g/mol. The second kappa shape index (κ2) is 9.13. The molecule has 2 heterocycles. The molecule has 0 unspecified atom stereocenters. The lowest BCUT2D eigenvalue weighted by Gasteiger charge is -2.27. The van der Waals surface area contributed by atoms with Crippen molar-refractivity contribution in [1.82, 2.24) is 9.97 Å². The van der Waals surface area contributed by atoms with Gasteiger partial charge in [0.05, 0.1) is 17.8 Å². The Kier molecular flexibility index (Phi) is 6.14. The summed E-state index contributed by atoms with van der Waals surface area (Å²) in [6.45, 7) is 2.07. The standard InChI is InChI=1S/C23H23ClN4O2/c1-30-21-10-9-18(13-19(21)24)27-23(29)17-7-5-16(6-8-17)20-14-22(26-15-25-20)28-11-3-2-4-12-28/h5-10,13-15H,2-4,11-12H2,1H3,(H,27,29). The third kappa shape index (κ3) is 4.54. The summed E-state index contributed by atoms with van der Waals surface area (Å²) in [4.78, 5) is 23.7. The number of amides is 1. The van der Waals surface area contributed by atoms with Crippen molar-refractivity contribution in [3.8, 4) is 17.0 Å². The summed E-state index contributed by atoms with van der Waals surface area (Å²) in [5.41, 5.74) is 2.95. The van der Waals surface area contributed by atoms with E-state index in [1.165, 1.54) is 19.3 Å². The fraction of sp³-hybridized carbons (Fsp3) is 0.261. The summed E-state index contributed by atoms with van der Waals surface area (Å²) in [6, 6.07) is 14.5. The zero-order valence-electron chi connectivity index (χ0n) is 16.8. The number of carbonyl (C=O) groups is 1. The van der Waals surface area contributed by atoms with Crippen LogP contribution in [0.4, 0.5) is 11.5 Å². The second-order valence-corrected chi connectivity index (χ2v) is 7.60. The SMILES string of the molecule is COc1ccc(NC(=O)c2ccc(-c3cc(N4CCCCC4)ncn3)cc2)cc1Cl. The third-order valence-electron chi connectivity index (χ3n) is 5.19. The molecule has 0 aliphatic carbocycles. The predicted octanol–water partition coefficient (Wildman–Crippen LogP) is 5.05. The van der Waals surface area contributed by atoms with E-state index >= 15 is 0 Å². The molecule has 0 spiro atoms. The normalized spacial score (nSPS) is 13.7. The molecule has 1 saturated heterocycles. The predicted molar refractivity (Wildman–Crippen MR) is 119 cm³/mol. The van der Waals surface area contributed by atoms with Crippen LogP contribution in [0.1, 0.15) is 29.6 Å². The van der Waals surface area contributed by atoms with Crippen LogP contribution < -0.4 is 15.0 Å². The summed E-state index contributed by atoms with van der Waals surface area (Å²) in [6.07, 6.45) is 5.28.